The molecule has 2 rings (SSSR count). The molecule has 1 aromatic rings. The summed E-state index contributed by atoms with van der Waals surface area (Å²) in [6.45, 7) is 2.17. The Labute approximate surface area is 130 Å². The van der Waals surface area contributed by atoms with Crippen LogP contribution in [0, 0.1) is 0 Å². The summed E-state index contributed by atoms with van der Waals surface area (Å²) in [7, 11) is 0. The van der Waals surface area contributed by atoms with Gasteiger partial charge in [-0.2, -0.15) is 0 Å². The molecule has 0 amide bonds. The summed E-state index contributed by atoms with van der Waals surface area (Å²) in [6.07, 6.45) is 7.52. The fourth-order valence-corrected chi connectivity index (χ4v) is 2.78. The molecule has 1 atom stereocenters. The number of esters is 1. The molecule has 0 fully saturated rings. The molecule has 1 aliphatic rings. The minimum atomic E-state index is -0.988. The Kier molecular flexibility index (Phi) is 5.75. The second-order valence-electron chi connectivity index (χ2n) is 5.58. The van der Waals surface area contributed by atoms with Crippen LogP contribution in [0.3, 0.4) is 0 Å². The lowest BCUT2D eigenvalue weighted by molar-refractivity contribution is -0.138. The first kappa shape index (κ1) is 16.3. The summed E-state index contributed by atoms with van der Waals surface area (Å²) in [4.78, 5) is 23.0. The van der Waals surface area contributed by atoms with Crippen molar-refractivity contribution in [2.75, 3.05) is 0 Å². The molecule has 1 aliphatic heterocycles. The van der Waals surface area contributed by atoms with Gasteiger partial charge >= 0.3 is 11.9 Å². The van der Waals surface area contributed by atoms with Gasteiger partial charge in [-0.3, -0.25) is 0 Å². The standard InChI is InChI=1S/C18H22O4/c1-2-3-4-5-6-11-16-15(12-17(19)22-16)13-9-7-8-10-14(13)18(20)21/h7-10,12,16H,2-6,11H2,1H3,(H,20,21). The van der Waals surface area contributed by atoms with E-state index in [9.17, 15) is 14.7 Å². The summed E-state index contributed by atoms with van der Waals surface area (Å²) in [5.74, 6) is -1.37. The van der Waals surface area contributed by atoms with Gasteiger partial charge in [-0.15, -0.1) is 0 Å². The van der Waals surface area contributed by atoms with Crippen molar-refractivity contribution in [1.82, 2.24) is 0 Å². The van der Waals surface area contributed by atoms with Gasteiger partial charge in [0.1, 0.15) is 6.10 Å². The minimum Gasteiger partial charge on any atom is -0.478 e. The summed E-state index contributed by atoms with van der Waals surface area (Å²) < 4.78 is 5.35. The van der Waals surface area contributed by atoms with Crippen LogP contribution in [-0.4, -0.2) is 23.1 Å². The summed E-state index contributed by atoms with van der Waals surface area (Å²) in [5, 5.41) is 9.30. The number of carboxylic acids is 1. The molecule has 0 aromatic heterocycles. The van der Waals surface area contributed by atoms with E-state index in [2.05, 4.69) is 6.92 Å². The molecule has 22 heavy (non-hydrogen) atoms. The summed E-state index contributed by atoms with van der Waals surface area (Å²) in [5.41, 5.74) is 1.49. The molecule has 0 radical (unpaired) electrons. The molecule has 1 heterocycles. The van der Waals surface area contributed by atoms with Gasteiger partial charge in [0.25, 0.3) is 0 Å². The van der Waals surface area contributed by atoms with Crippen LogP contribution in [-0.2, 0) is 9.53 Å². The van der Waals surface area contributed by atoms with Crippen LogP contribution < -0.4 is 0 Å². The number of carbonyl (C=O) groups excluding carboxylic acids is 1. The first-order chi connectivity index (χ1) is 10.6. The molecule has 118 valence electrons. The average Bonchev–Trinajstić information content (AvgIpc) is 2.88. The van der Waals surface area contributed by atoms with Gasteiger partial charge in [0.2, 0.25) is 0 Å². The highest BCUT2D eigenvalue weighted by molar-refractivity contribution is 6.02. The van der Waals surface area contributed by atoms with Crippen LogP contribution in [0.5, 0.6) is 0 Å². The normalized spacial score (nSPS) is 17.2. The van der Waals surface area contributed by atoms with Crippen LogP contribution >= 0.6 is 0 Å². The van der Waals surface area contributed by atoms with E-state index in [0.29, 0.717) is 11.1 Å². The van der Waals surface area contributed by atoms with Crippen molar-refractivity contribution in [2.45, 2.75) is 51.6 Å². The lowest BCUT2D eigenvalue weighted by Gasteiger charge is -2.16. The number of unbranched alkanes of at least 4 members (excludes halogenated alkanes) is 4. The Morgan fingerprint density at radius 2 is 1.91 bits per heavy atom. The molecule has 4 heteroatoms. The van der Waals surface area contributed by atoms with Gasteiger partial charge in [0.15, 0.2) is 0 Å². The molecule has 4 nitrogen and oxygen atoms in total. The molecule has 0 spiro atoms. The zero-order chi connectivity index (χ0) is 15.9. The largest absolute Gasteiger partial charge is 0.478 e. The number of aromatic carboxylic acids is 1. The Hall–Kier alpha value is -2.10. The van der Waals surface area contributed by atoms with E-state index in [1.165, 1.54) is 25.3 Å². The zero-order valence-electron chi connectivity index (χ0n) is 12.9. The third kappa shape index (κ3) is 3.97. The highest BCUT2D eigenvalue weighted by Crippen LogP contribution is 2.31. The Balaban J connectivity index is 2.09. The highest BCUT2D eigenvalue weighted by atomic mass is 16.5. The van der Waals surface area contributed by atoms with Gasteiger partial charge in [0.05, 0.1) is 5.56 Å². The van der Waals surface area contributed by atoms with Crippen molar-refractivity contribution >= 4 is 17.5 Å². The van der Waals surface area contributed by atoms with Crippen molar-refractivity contribution in [1.29, 1.82) is 0 Å². The quantitative estimate of drug-likeness (QED) is 0.581. The summed E-state index contributed by atoms with van der Waals surface area (Å²) in [6, 6.07) is 6.76. The van der Waals surface area contributed by atoms with Gasteiger partial charge in [-0.05, 0) is 24.5 Å². The van der Waals surface area contributed by atoms with E-state index in [4.69, 9.17) is 4.74 Å². The molecular formula is C18H22O4. The minimum absolute atomic E-state index is 0.211. The zero-order valence-corrected chi connectivity index (χ0v) is 12.9. The predicted molar refractivity (Wildman–Crippen MR) is 84.6 cm³/mol. The van der Waals surface area contributed by atoms with Crippen LogP contribution in [0.15, 0.2) is 30.3 Å². The molecule has 0 aliphatic carbocycles. The van der Waals surface area contributed by atoms with Gasteiger partial charge in [-0.25, -0.2) is 9.59 Å². The van der Waals surface area contributed by atoms with Crippen molar-refractivity contribution in [3.8, 4) is 0 Å². The number of carbonyl (C=O) groups is 2. The molecule has 1 unspecified atom stereocenters. The number of ether oxygens (including phenoxy) is 1. The second kappa shape index (κ2) is 7.78. The Morgan fingerprint density at radius 1 is 1.18 bits per heavy atom. The van der Waals surface area contributed by atoms with E-state index in [1.54, 1.807) is 24.3 Å². The van der Waals surface area contributed by atoms with Crippen LogP contribution in [0.2, 0.25) is 0 Å². The molecule has 1 N–H and O–H groups in total. The Bertz CT molecular complexity index is 574. The van der Waals surface area contributed by atoms with E-state index in [0.717, 1.165) is 19.3 Å². The van der Waals surface area contributed by atoms with Crippen LogP contribution in [0.1, 0.15) is 61.4 Å². The lowest BCUT2D eigenvalue weighted by Crippen LogP contribution is -2.13. The average molecular weight is 302 g/mol. The number of benzene rings is 1. The molecule has 0 saturated heterocycles. The Morgan fingerprint density at radius 3 is 2.64 bits per heavy atom. The molecular weight excluding hydrogens is 280 g/mol. The van der Waals surface area contributed by atoms with Crippen molar-refractivity contribution < 1.29 is 19.4 Å². The van der Waals surface area contributed by atoms with E-state index in [-0.39, 0.29) is 17.6 Å². The maximum atomic E-state index is 11.6. The maximum Gasteiger partial charge on any atom is 0.336 e. The van der Waals surface area contributed by atoms with E-state index < -0.39 is 5.97 Å². The first-order valence-electron chi connectivity index (χ1n) is 7.88. The lowest BCUT2D eigenvalue weighted by atomic mass is 9.93. The summed E-state index contributed by atoms with van der Waals surface area (Å²) >= 11 is 0. The second-order valence-corrected chi connectivity index (χ2v) is 5.58. The van der Waals surface area contributed by atoms with E-state index >= 15 is 0 Å². The topological polar surface area (TPSA) is 63.6 Å². The molecule has 0 bridgehead atoms. The maximum absolute atomic E-state index is 11.6. The third-order valence-corrected chi connectivity index (χ3v) is 3.92. The number of carboxylic acid groups (broad SMARTS) is 1. The predicted octanol–water partition coefficient (Wildman–Crippen LogP) is 4.05. The number of cyclic esters (lactones) is 1. The van der Waals surface area contributed by atoms with Gasteiger partial charge in [0, 0.05) is 11.6 Å². The number of hydrogen-bond acceptors (Lipinski definition) is 3. The molecule has 0 saturated carbocycles. The van der Waals surface area contributed by atoms with Crippen molar-refractivity contribution in [2.24, 2.45) is 0 Å². The smallest absolute Gasteiger partial charge is 0.336 e. The van der Waals surface area contributed by atoms with Crippen LogP contribution in [0.25, 0.3) is 5.57 Å². The van der Waals surface area contributed by atoms with Crippen molar-refractivity contribution in [3.63, 3.8) is 0 Å². The fraction of sp³-hybridized carbons (Fsp3) is 0.444. The van der Waals surface area contributed by atoms with Gasteiger partial charge in [-0.1, -0.05) is 50.8 Å². The SMILES string of the molecule is CCCCCCCC1OC(=O)C=C1c1ccccc1C(=O)O. The molecule has 1 aromatic carbocycles. The van der Waals surface area contributed by atoms with Crippen LogP contribution in [0.4, 0.5) is 0 Å². The van der Waals surface area contributed by atoms with Crippen molar-refractivity contribution in [3.05, 3.63) is 41.5 Å². The number of rotatable bonds is 8. The highest BCUT2D eigenvalue weighted by Gasteiger charge is 2.29. The van der Waals surface area contributed by atoms with E-state index in [1.807, 2.05) is 0 Å². The third-order valence-electron chi connectivity index (χ3n) is 3.92. The number of hydrogen-bond donors (Lipinski definition) is 1. The first-order valence-corrected chi connectivity index (χ1v) is 7.88. The van der Waals surface area contributed by atoms with Gasteiger partial charge < -0.3 is 9.84 Å². The fourth-order valence-electron chi connectivity index (χ4n) is 2.78. The monoisotopic (exact) mass is 302 g/mol.